The van der Waals surface area contributed by atoms with Gasteiger partial charge in [0.1, 0.15) is 0 Å². The van der Waals surface area contributed by atoms with Crippen LogP contribution in [0.15, 0.2) is 21.2 Å². The molecule has 0 aliphatic rings. The number of ether oxygens (including phenoxy) is 2. The number of carbonyl (C=O) groups is 1. The quantitative estimate of drug-likeness (QED) is 0.452. The Labute approximate surface area is 166 Å². The first kappa shape index (κ1) is 21.0. The van der Waals surface area contributed by atoms with Gasteiger partial charge in [-0.3, -0.25) is 4.79 Å². The third-order valence-corrected chi connectivity index (χ3v) is 4.24. The second kappa shape index (κ2) is 10.7. The number of amides is 1. The van der Waals surface area contributed by atoms with Crippen LogP contribution >= 0.6 is 15.9 Å². The van der Waals surface area contributed by atoms with Crippen LogP contribution in [0.4, 0.5) is 5.82 Å². The van der Waals surface area contributed by atoms with E-state index in [0.29, 0.717) is 38.6 Å². The van der Waals surface area contributed by atoms with Gasteiger partial charge in [-0.1, -0.05) is 22.9 Å². The van der Waals surface area contributed by atoms with Crippen LogP contribution in [0.2, 0.25) is 0 Å². The summed E-state index contributed by atoms with van der Waals surface area (Å²) in [6.45, 7) is 6.74. The van der Waals surface area contributed by atoms with E-state index in [1.165, 1.54) is 0 Å². The van der Waals surface area contributed by atoms with E-state index >= 15 is 0 Å². The van der Waals surface area contributed by atoms with Crippen LogP contribution in [0.5, 0.6) is 11.5 Å². The number of hydrogen-bond donors (Lipinski definition) is 3. The molecule has 148 valence electrons. The summed E-state index contributed by atoms with van der Waals surface area (Å²) in [4.78, 5) is 11.8. The molecule has 0 unspecified atom stereocenters. The van der Waals surface area contributed by atoms with Crippen LogP contribution in [0, 0.1) is 0 Å². The first-order valence-corrected chi connectivity index (χ1v) is 9.51. The van der Waals surface area contributed by atoms with Gasteiger partial charge in [-0.25, -0.2) is 4.63 Å². The number of hydrogen-bond acceptors (Lipinski definition) is 8. The summed E-state index contributed by atoms with van der Waals surface area (Å²) < 4.78 is 16.7. The maximum atomic E-state index is 11.8. The number of nitrogen functional groups attached to an aromatic ring is 1. The van der Waals surface area contributed by atoms with Crippen LogP contribution in [0.25, 0.3) is 0 Å². The number of nitrogens with two attached hydrogens (primary N) is 1. The lowest BCUT2D eigenvalue weighted by molar-refractivity contribution is 0.0944. The highest BCUT2D eigenvalue weighted by atomic mass is 79.9. The maximum Gasteiger partial charge on any atom is 0.277 e. The smallest absolute Gasteiger partial charge is 0.277 e. The van der Waals surface area contributed by atoms with Crippen molar-refractivity contribution >= 4 is 27.7 Å². The van der Waals surface area contributed by atoms with Gasteiger partial charge < -0.3 is 25.8 Å². The maximum absolute atomic E-state index is 11.8. The number of rotatable bonds is 11. The SMILES string of the molecule is CCCOc1cc(Br)c(CNCCNC(=O)c2nonc2N)cc1OCC. The third-order valence-electron chi connectivity index (χ3n) is 3.51. The van der Waals surface area contributed by atoms with Crippen molar-refractivity contribution in [1.82, 2.24) is 20.9 Å². The molecule has 1 aromatic heterocycles. The molecule has 1 amide bonds. The first-order chi connectivity index (χ1) is 13.1. The zero-order chi connectivity index (χ0) is 19.6. The second-order valence-corrected chi connectivity index (χ2v) is 6.46. The number of nitrogens with one attached hydrogen (secondary N) is 2. The Hall–Kier alpha value is -2.33. The lowest BCUT2D eigenvalue weighted by Gasteiger charge is -2.15. The molecule has 27 heavy (non-hydrogen) atoms. The Bertz CT molecular complexity index is 753. The molecule has 0 radical (unpaired) electrons. The summed E-state index contributed by atoms with van der Waals surface area (Å²) in [5.41, 5.74) is 6.49. The van der Waals surface area contributed by atoms with E-state index < -0.39 is 5.91 Å². The van der Waals surface area contributed by atoms with Gasteiger partial charge in [0.2, 0.25) is 11.5 Å². The van der Waals surface area contributed by atoms with Crippen molar-refractivity contribution in [3.05, 3.63) is 27.9 Å². The minimum Gasteiger partial charge on any atom is -0.490 e. The lowest BCUT2D eigenvalue weighted by atomic mass is 10.2. The van der Waals surface area contributed by atoms with Gasteiger partial charge >= 0.3 is 0 Å². The van der Waals surface area contributed by atoms with Crippen LogP contribution in [0.3, 0.4) is 0 Å². The van der Waals surface area contributed by atoms with Crippen molar-refractivity contribution in [3.8, 4) is 11.5 Å². The predicted octanol–water partition coefficient (Wildman–Crippen LogP) is 2.12. The molecule has 0 aliphatic heterocycles. The summed E-state index contributed by atoms with van der Waals surface area (Å²) in [5.74, 6) is 0.986. The summed E-state index contributed by atoms with van der Waals surface area (Å²) in [5, 5.41) is 12.8. The molecular weight excluding hydrogens is 418 g/mol. The highest BCUT2D eigenvalue weighted by Crippen LogP contribution is 2.34. The van der Waals surface area contributed by atoms with Gasteiger partial charge in [0.15, 0.2) is 11.5 Å². The molecule has 0 saturated carbocycles. The van der Waals surface area contributed by atoms with Gasteiger partial charge in [0.25, 0.3) is 5.91 Å². The second-order valence-electron chi connectivity index (χ2n) is 5.60. The molecule has 1 heterocycles. The Balaban J connectivity index is 1.85. The fourth-order valence-corrected chi connectivity index (χ4v) is 2.69. The largest absolute Gasteiger partial charge is 0.490 e. The topological polar surface area (TPSA) is 125 Å². The lowest BCUT2D eigenvalue weighted by Crippen LogP contribution is -2.32. The number of aromatic nitrogens is 2. The molecule has 0 bridgehead atoms. The molecule has 0 spiro atoms. The zero-order valence-corrected chi connectivity index (χ0v) is 17.0. The molecule has 0 fully saturated rings. The van der Waals surface area contributed by atoms with Crippen LogP contribution < -0.4 is 25.8 Å². The summed E-state index contributed by atoms with van der Waals surface area (Å²) in [6.07, 6.45) is 0.925. The molecule has 10 heteroatoms. The van der Waals surface area contributed by atoms with Gasteiger partial charge in [-0.15, -0.1) is 0 Å². The normalized spacial score (nSPS) is 10.6. The van der Waals surface area contributed by atoms with E-state index in [4.69, 9.17) is 15.2 Å². The van der Waals surface area contributed by atoms with Crippen molar-refractivity contribution in [2.45, 2.75) is 26.8 Å². The molecule has 4 N–H and O–H groups in total. The highest BCUT2D eigenvalue weighted by Gasteiger charge is 2.15. The summed E-state index contributed by atoms with van der Waals surface area (Å²) in [6, 6.07) is 3.87. The molecule has 1 aromatic carbocycles. The summed E-state index contributed by atoms with van der Waals surface area (Å²) >= 11 is 3.57. The van der Waals surface area contributed by atoms with E-state index in [1.807, 2.05) is 19.1 Å². The number of halogens is 1. The van der Waals surface area contributed by atoms with Gasteiger partial charge in [-0.05, 0) is 41.4 Å². The minimum atomic E-state index is -0.423. The Morgan fingerprint density at radius 2 is 2.00 bits per heavy atom. The van der Waals surface area contributed by atoms with Gasteiger partial charge in [0.05, 0.1) is 13.2 Å². The van der Waals surface area contributed by atoms with Crippen molar-refractivity contribution in [2.24, 2.45) is 0 Å². The van der Waals surface area contributed by atoms with Crippen molar-refractivity contribution in [1.29, 1.82) is 0 Å². The zero-order valence-electron chi connectivity index (χ0n) is 15.4. The molecule has 0 aliphatic carbocycles. The Morgan fingerprint density at radius 3 is 2.67 bits per heavy atom. The molecular formula is C17H24BrN5O4. The number of carbonyl (C=O) groups excluding carboxylic acids is 1. The van der Waals surface area contributed by atoms with E-state index in [2.05, 4.69) is 48.4 Å². The highest BCUT2D eigenvalue weighted by molar-refractivity contribution is 9.10. The van der Waals surface area contributed by atoms with E-state index in [9.17, 15) is 4.79 Å². The fraction of sp³-hybridized carbons (Fsp3) is 0.471. The van der Waals surface area contributed by atoms with Crippen LogP contribution in [-0.2, 0) is 6.54 Å². The average Bonchev–Trinajstić information content (AvgIpc) is 3.08. The Kier molecular flexibility index (Phi) is 8.34. The van der Waals surface area contributed by atoms with Crippen LogP contribution in [-0.4, -0.2) is 42.5 Å². The van der Waals surface area contributed by atoms with E-state index in [0.717, 1.165) is 22.2 Å². The van der Waals surface area contributed by atoms with Crippen molar-refractivity contribution in [3.63, 3.8) is 0 Å². The fourth-order valence-electron chi connectivity index (χ4n) is 2.23. The molecule has 0 saturated heterocycles. The van der Waals surface area contributed by atoms with E-state index in [1.54, 1.807) is 0 Å². The van der Waals surface area contributed by atoms with Crippen molar-refractivity contribution in [2.75, 3.05) is 32.0 Å². The molecule has 9 nitrogen and oxygen atoms in total. The first-order valence-electron chi connectivity index (χ1n) is 8.71. The van der Waals surface area contributed by atoms with Gasteiger partial charge in [-0.2, -0.15) is 0 Å². The van der Waals surface area contributed by atoms with Crippen molar-refractivity contribution < 1.29 is 18.9 Å². The molecule has 0 atom stereocenters. The van der Waals surface area contributed by atoms with Crippen LogP contribution in [0.1, 0.15) is 36.3 Å². The third kappa shape index (κ3) is 6.10. The van der Waals surface area contributed by atoms with Gasteiger partial charge in [0, 0.05) is 24.1 Å². The number of benzene rings is 1. The predicted molar refractivity (Wildman–Crippen MR) is 104 cm³/mol. The number of anilines is 1. The number of nitrogens with zero attached hydrogens (tertiary/aromatic N) is 2. The monoisotopic (exact) mass is 441 g/mol. The minimum absolute atomic E-state index is 0.0123. The average molecular weight is 442 g/mol. The molecule has 2 rings (SSSR count). The molecule has 2 aromatic rings. The summed E-state index contributed by atoms with van der Waals surface area (Å²) in [7, 11) is 0. The Morgan fingerprint density at radius 1 is 1.22 bits per heavy atom. The standard InChI is InChI=1S/C17H24BrN5O4/c1-3-7-26-14-9-12(18)11(8-13(14)25-4-2)10-20-5-6-21-17(24)15-16(19)23-27-22-15/h8-9,20H,3-7,10H2,1-2H3,(H2,19,23)(H,21,24). The van der Waals surface area contributed by atoms with E-state index in [-0.39, 0.29) is 11.5 Å².